The summed E-state index contributed by atoms with van der Waals surface area (Å²) in [5, 5.41) is 10.5. The van der Waals surface area contributed by atoms with Crippen molar-refractivity contribution in [3.8, 4) is 0 Å². The maximum Gasteiger partial charge on any atom is 0.373 e. The molecule has 0 aliphatic heterocycles. The fraction of sp³-hybridized carbons (Fsp3) is 0.400. The van der Waals surface area contributed by atoms with Crippen LogP contribution >= 0.6 is 0 Å². The lowest BCUT2D eigenvalue weighted by Gasteiger charge is -1.91. The molecule has 0 spiro atoms. The second-order valence-electron chi connectivity index (χ2n) is 1.26. The SMILES string of the molecule is COC(=O)/C(C)=N\O.O=C=O. The van der Waals surface area contributed by atoms with Crippen LogP contribution < -0.4 is 0 Å². The zero-order valence-corrected chi connectivity index (χ0v) is 6.03. The maximum absolute atomic E-state index is 10.2. The number of hydrogen-bond donors (Lipinski definition) is 1. The molecule has 0 aliphatic carbocycles. The molecule has 0 atom stereocenters. The smallest absolute Gasteiger partial charge is 0.373 e. The van der Waals surface area contributed by atoms with Gasteiger partial charge in [0.15, 0.2) is 5.71 Å². The Labute approximate surface area is 62.4 Å². The molecule has 0 radical (unpaired) electrons. The Morgan fingerprint density at radius 3 is 2.00 bits per heavy atom. The van der Waals surface area contributed by atoms with E-state index in [4.69, 9.17) is 14.8 Å². The van der Waals surface area contributed by atoms with Crippen molar-refractivity contribution >= 4 is 17.8 Å². The third-order valence-electron chi connectivity index (χ3n) is 0.631. The van der Waals surface area contributed by atoms with E-state index < -0.39 is 5.97 Å². The van der Waals surface area contributed by atoms with Gasteiger partial charge >= 0.3 is 12.1 Å². The molecule has 0 fully saturated rings. The van der Waals surface area contributed by atoms with E-state index in [1.54, 1.807) is 0 Å². The Hall–Kier alpha value is -1.68. The van der Waals surface area contributed by atoms with E-state index in [0.717, 1.165) is 0 Å². The van der Waals surface area contributed by atoms with Crippen LogP contribution in [0.3, 0.4) is 0 Å². The number of esters is 1. The number of rotatable bonds is 1. The van der Waals surface area contributed by atoms with Gasteiger partial charge in [0.25, 0.3) is 0 Å². The summed E-state index contributed by atoms with van der Waals surface area (Å²) in [6, 6.07) is 0. The Bertz CT molecular complexity index is 179. The zero-order valence-electron chi connectivity index (χ0n) is 6.03. The minimum Gasteiger partial charge on any atom is -0.464 e. The maximum atomic E-state index is 10.2. The quantitative estimate of drug-likeness (QED) is 0.240. The van der Waals surface area contributed by atoms with Gasteiger partial charge in [-0.3, -0.25) is 0 Å². The Kier molecular flexibility index (Phi) is 9.11. The molecule has 0 bridgehead atoms. The van der Waals surface area contributed by atoms with Crippen LogP contribution in [-0.2, 0) is 19.1 Å². The zero-order chi connectivity index (χ0) is 9.28. The van der Waals surface area contributed by atoms with Crippen LogP contribution in [0, 0.1) is 0 Å². The lowest BCUT2D eigenvalue weighted by molar-refractivity contribution is -0.191. The summed E-state index contributed by atoms with van der Waals surface area (Å²) in [5.74, 6) is -0.618. The van der Waals surface area contributed by atoms with Gasteiger partial charge in [-0.2, -0.15) is 9.59 Å². The first-order chi connectivity index (χ1) is 5.13. The molecule has 0 aromatic carbocycles. The number of oxime groups is 1. The first-order valence-corrected chi connectivity index (χ1v) is 2.40. The van der Waals surface area contributed by atoms with Gasteiger partial charge in [0.2, 0.25) is 0 Å². The van der Waals surface area contributed by atoms with Crippen LogP contribution in [-0.4, -0.2) is 30.1 Å². The van der Waals surface area contributed by atoms with Gasteiger partial charge in [-0.25, -0.2) is 4.79 Å². The molecule has 6 nitrogen and oxygen atoms in total. The normalized spacial score (nSPS) is 8.73. The van der Waals surface area contributed by atoms with E-state index in [1.807, 2.05) is 0 Å². The van der Waals surface area contributed by atoms with Crippen molar-refractivity contribution in [1.82, 2.24) is 0 Å². The lowest BCUT2D eigenvalue weighted by atomic mass is 10.4. The number of carbonyl (C=O) groups excluding carboxylic acids is 3. The minimum absolute atomic E-state index is 0.0486. The molecule has 0 unspecified atom stereocenters. The molecule has 0 rings (SSSR count). The predicted molar refractivity (Wildman–Crippen MR) is 31.9 cm³/mol. The van der Waals surface area contributed by atoms with Crippen molar-refractivity contribution in [1.29, 1.82) is 0 Å². The molecule has 0 saturated carbocycles. The lowest BCUT2D eigenvalue weighted by Crippen LogP contribution is -2.11. The summed E-state index contributed by atoms with van der Waals surface area (Å²) in [5.41, 5.74) is -0.0486. The van der Waals surface area contributed by atoms with Crippen molar-refractivity contribution in [2.24, 2.45) is 5.16 Å². The molecule has 0 heterocycles. The van der Waals surface area contributed by atoms with Gasteiger partial charge in [0, 0.05) is 0 Å². The van der Waals surface area contributed by atoms with E-state index in [0.29, 0.717) is 0 Å². The molecule has 11 heavy (non-hydrogen) atoms. The van der Waals surface area contributed by atoms with Gasteiger partial charge in [0.1, 0.15) is 0 Å². The molecule has 0 aromatic heterocycles. The highest BCUT2D eigenvalue weighted by atomic mass is 16.5. The molecule has 0 saturated heterocycles. The number of ether oxygens (including phenoxy) is 1. The standard InChI is InChI=1S/C4H7NO3.CO2/c1-3(5-7)4(6)8-2;2-1-3/h7H,1-2H3;/b5-3-;. The summed E-state index contributed by atoms with van der Waals surface area (Å²) < 4.78 is 4.17. The van der Waals surface area contributed by atoms with Crippen LogP contribution in [0.4, 0.5) is 0 Å². The monoisotopic (exact) mass is 161 g/mol. The number of carbonyl (C=O) groups is 1. The average molecular weight is 161 g/mol. The third-order valence-corrected chi connectivity index (χ3v) is 0.631. The van der Waals surface area contributed by atoms with E-state index >= 15 is 0 Å². The van der Waals surface area contributed by atoms with Crippen molar-refractivity contribution in [2.45, 2.75) is 6.92 Å². The highest BCUT2D eigenvalue weighted by molar-refractivity contribution is 6.35. The highest BCUT2D eigenvalue weighted by Gasteiger charge is 2.02. The van der Waals surface area contributed by atoms with Crippen LogP contribution in [0.5, 0.6) is 0 Å². The van der Waals surface area contributed by atoms with E-state index in [2.05, 4.69) is 9.89 Å². The molecular formula is C5H7NO5. The summed E-state index contributed by atoms with van der Waals surface area (Å²) >= 11 is 0. The van der Waals surface area contributed by atoms with Gasteiger partial charge in [0.05, 0.1) is 7.11 Å². The van der Waals surface area contributed by atoms with E-state index in [-0.39, 0.29) is 11.9 Å². The van der Waals surface area contributed by atoms with E-state index in [9.17, 15) is 4.79 Å². The Morgan fingerprint density at radius 2 is 1.91 bits per heavy atom. The second-order valence-corrected chi connectivity index (χ2v) is 1.26. The second kappa shape index (κ2) is 8.32. The fourth-order valence-corrected chi connectivity index (χ4v) is 0.189. The minimum atomic E-state index is -0.618. The van der Waals surface area contributed by atoms with E-state index in [1.165, 1.54) is 14.0 Å². The molecule has 0 aromatic rings. The average Bonchev–Trinajstić information content (AvgIpc) is 2.03. The van der Waals surface area contributed by atoms with Crippen LogP contribution in [0.2, 0.25) is 0 Å². The van der Waals surface area contributed by atoms with Crippen LogP contribution in [0.25, 0.3) is 0 Å². The largest absolute Gasteiger partial charge is 0.464 e. The predicted octanol–water partition coefficient (Wildman–Crippen LogP) is -0.574. The van der Waals surface area contributed by atoms with Crippen molar-refractivity contribution in [2.75, 3.05) is 7.11 Å². The molecule has 0 amide bonds. The van der Waals surface area contributed by atoms with Crippen molar-refractivity contribution in [3.63, 3.8) is 0 Å². The highest BCUT2D eigenvalue weighted by Crippen LogP contribution is 1.77. The van der Waals surface area contributed by atoms with Gasteiger partial charge < -0.3 is 9.94 Å². The topological polar surface area (TPSA) is 93.0 Å². The molecule has 62 valence electrons. The van der Waals surface area contributed by atoms with Crippen molar-refractivity contribution < 1.29 is 24.3 Å². The molecule has 1 N–H and O–H groups in total. The van der Waals surface area contributed by atoms with Crippen molar-refractivity contribution in [3.05, 3.63) is 0 Å². The van der Waals surface area contributed by atoms with Gasteiger partial charge in [-0.15, -0.1) is 0 Å². The molecule has 6 heteroatoms. The Morgan fingerprint density at radius 1 is 1.55 bits per heavy atom. The fourth-order valence-electron chi connectivity index (χ4n) is 0.189. The first-order valence-electron chi connectivity index (χ1n) is 2.40. The summed E-state index contributed by atoms with van der Waals surface area (Å²) in [6.45, 7) is 1.35. The summed E-state index contributed by atoms with van der Waals surface area (Å²) in [6.07, 6.45) is 0.250. The summed E-state index contributed by atoms with van der Waals surface area (Å²) in [4.78, 5) is 26.5. The third kappa shape index (κ3) is 8.32. The number of hydrogen-bond acceptors (Lipinski definition) is 6. The number of methoxy groups -OCH3 is 1. The summed E-state index contributed by atoms with van der Waals surface area (Å²) in [7, 11) is 1.22. The van der Waals surface area contributed by atoms with Crippen LogP contribution in [0.1, 0.15) is 6.92 Å². The van der Waals surface area contributed by atoms with Crippen LogP contribution in [0.15, 0.2) is 5.16 Å². The first kappa shape index (κ1) is 12.0. The Balaban J connectivity index is 0. The molecular weight excluding hydrogens is 154 g/mol. The molecule has 0 aliphatic rings. The van der Waals surface area contributed by atoms with Gasteiger partial charge in [-0.1, -0.05) is 5.16 Å². The number of nitrogens with zero attached hydrogens (tertiary/aromatic N) is 1. The van der Waals surface area contributed by atoms with Gasteiger partial charge in [-0.05, 0) is 6.92 Å².